The number of amides is 1. The third-order valence-corrected chi connectivity index (χ3v) is 5.60. The molecule has 0 unspecified atom stereocenters. The maximum absolute atomic E-state index is 12.3. The number of benzene rings is 2. The molecule has 0 spiro atoms. The second kappa shape index (κ2) is 9.65. The van der Waals surface area contributed by atoms with Crippen LogP contribution in [0.1, 0.15) is 58.3 Å². The molecule has 1 aliphatic rings. The van der Waals surface area contributed by atoms with Gasteiger partial charge in [0.15, 0.2) is 5.78 Å². The number of ketones is 1. The standard InChI is InChI=1S/C24H30N2O2/c1-18-9-10-20(15-19(18)2)23(27)11-12-24(28)25-16-21-7-3-4-8-22(21)17-26-13-5-6-14-26/h3-4,7-10,15H,5-6,11-14,16-17H2,1-2H3,(H,25,28). The van der Waals surface area contributed by atoms with Crippen LogP contribution in [0.5, 0.6) is 0 Å². The van der Waals surface area contributed by atoms with E-state index in [-0.39, 0.29) is 24.5 Å². The highest BCUT2D eigenvalue weighted by Gasteiger charge is 2.14. The molecular formula is C24H30N2O2. The molecule has 1 N–H and O–H groups in total. The van der Waals surface area contributed by atoms with E-state index in [2.05, 4.69) is 28.4 Å². The van der Waals surface area contributed by atoms with E-state index >= 15 is 0 Å². The Labute approximate surface area is 167 Å². The predicted molar refractivity (Wildman–Crippen MR) is 112 cm³/mol. The van der Waals surface area contributed by atoms with Crippen molar-refractivity contribution in [3.63, 3.8) is 0 Å². The summed E-state index contributed by atoms with van der Waals surface area (Å²) in [5.41, 5.74) is 5.39. The number of likely N-dealkylation sites (tertiary alicyclic amines) is 1. The second-order valence-corrected chi connectivity index (χ2v) is 7.75. The van der Waals surface area contributed by atoms with Gasteiger partial charge in [-0.15, -0.1) is 0 Å². The summed E-state index contributed by atoms with van der Waals surface area (Å²) in [6.45, 7) is 7.79. The zero-order chi connectivity index (χ0) is 19.9. The molecule has 0 saturated carbocycles. The van der Waals surface area contributed by atoms with E-state index in [0.29, 0.717) is 12.1 Å². The average Bonchev–Trinajstić information content (AvgIpc) is 3.20. The number of hydrogen-bond donors (Lipinski definition) is 1. The topological polar surface area (TPSA) is 49.4 Å². The SMILES string of the molecule is Cc1ccc(C(=O)CCC(=O)NCc2ccccc2CN2CCCC2)cc1C. The Hall–Kier alpha value is -2.46. The summed E-state index contributed by atoms with van der Waals surface area (Å²) < 4.78 is 0. The summed E-state index contributed by atoms with van der Waals surface area (Å²) in [4.78, 5) is 27.1. The van der Waals surface area contributed by atoms with Crippen LogP contribution in [0.3, 0.4) is 0 Å². The van der Waals surface area contributed by atoms with Crippen molar-refractivity contribution < 1.29 is 9.59 Å². The molecule has 28 heavy (non-hydrogen) atoms. The van der Waals surface area contributed by atoms with Gasteiger partial charge in [0.1, 0.15) is 0 Å². The van der Waals surface area contributed by atoms with Crippen molar-refractivity contribution in [2.75, 3.05) is 13.1 Å². The van der Waals surface area contributed by atoms with E-state index in [1.807, 2.05) is 38.1 Å². The van der Waals surface area contributed by atoms with Gasteiger partial charge >= 0.3 is 0 Å². The van der Waals surface area contributed by atoms with Crippen molar-refractivity contribution >= 4 is 11.7 Å². The van der Waals surface area contributed by atoms with Gasteiger partial charge in [-0.25, -0.2) is 0 Å². The average molecular weight is 379 g/mol. The van der Waals surface area contributed by atoms with Gasteiger partial charge in [0.25, 0.3) is 0 Å². The van der Waals surface area contributed by atoms with Crippen molar-refractivity contribution in [2.45, 2.75) is 52.6 Å². The number of Topliss-reactive ketones (excluding diaryl/α,β-unsaturated/α-hetero) is 1. The summed E-state index contributed by atoms with van der Waals surface area (Å²) in [5.74, 6) is -0.0548. The van der Waals surface area contributed by atoms with Crippen LogP contribution >= 0.6 is 0 Å². The first kappa shape index (κ1) is 20.3. The number of rotatable bonds is 8. The molecule has 0 radical (unpaired) electrons. The van der Waals surface area contributed by atoms with Gasteiger partial charge < -0.3 is 5.32 Å². The Morgan fingerprint density at radius 2 is 1.64 bits per heavy atom. The summed E-state index contributed by atoms with van der Waals surface area (Å²) in [5, 5.41) is 2.98. The van der Waals surface area contributed by atoms with Gasteiger partial charge in [-0.2, -0.15) is 0 Å². The van der Waals surface area contributed by atoms with Gasteiger partial charge in [0.2, 0.25) is 5.91 Å². The smallest absolute Gasteiger partial charge is 0.220 e. The lowest BCUT2D eigenvalue weighted by Gasteiger charge is -2.17. The maximum Gasteiger partial charge on any atom is 0.220 e. The Kier molecular flexibility index (Phi) is 6.99. The molecule has 0 bridgehead atoms. The van der Waals surface area contributed by atoms with Crippen molar-refractivity contribution in [3.05, 3.63) is 70.3 Å². The van der Waals surface area contributed by atoms with Crippen LogP contribution in [-0.4, -0.2) is 29.7 Å². The lowest BCUT2D eigenvalue weighted by Crippen LogP contribution is -2.25. The molecule has 2 aromatic rings. The molecule has 0 atom stereocenters. The molecule has 148 valence electrons. The maximum atomic E-state index is 12.3. The molecule has 0 aromatic heterocycles. The van der Waals surface area contributed by atoms with E-state index in [1.165, 1.54) is 24.0 Å². The van der Waals surface area contributed by atoms with Crippen LogP contribution in [0.25, 0.3) is 0 Å². The number of nitrogens with zero attached hydrogens (tertiary/aromatic N) is 1. The fraction of sp³-hybridized carbons (Fsp3) is 0.417. The predicted octanol–water partition coefficient (Wildman–Crippen LogP) is 4.18. The molecule has 1 fully saturated rings. The van der Waals surface area contributed by atoms with E-state index in [1.54, 1.807) is 0 Å². The quantitative estimate of drug-likeness (QED) is 0.701. The summed E-state index contributed by atoms with van der Waals surface area (Å²) in [6, 6.07) is 14.0. The van der Waals surface area contributed by atoms with Crippen molar-refractivity contribution in [2.24, 2.45) is 0 Å². The summed E-state index contributed by atoms with van der Waals surface area (Å²) in [7, 11) is 0. The first-order chi connectivity index (χ1) is 13.5. The van der Waals surface area contributed by atoms with Crippen LogP contribution in [0, 0.1) is 13.8 Å². The first-order valence-corrected chi connectivity index (χ1v) is 10.2. The van der Waals surface area contributed by atoms with Crippen molar-refractivity contribution in [1.82, 2.24) is 10.2 Å². The lowest BCUT2D eigenvalue weighted by molar-refractivity contribution is -0.121. The number of carbonyl (C=O) groups is 2. The van der Waals surface area contributed by atoms with Gasteiger partial charge in [0.05, 0.1) is 0 Å². The normalized spacial score (nSPS) is 14.2. The molecule has 1 aliphatic heterocycles. The Bertz CT molecular complexity index is 838. The third kappa shape index (κ3) is 5.52. The molecule has 4 nitrogen and oxygen atoms in total. The monoisotopic (exact) mass is 378 g/mol. The molecular weight excluding hydrogens is 348 g/mol. The van der Waals surface area contributed by atoms with Crippen LogP contribution in [0.15, 0.2) is 42.5 Å². The third-order valence-electron chi connectivity index (χ3n) is 5.60. The minimum Gasteiger partial charge on any atom is -0.352 e. The molecule has 4 heteroatoms. The fourth-order valence-corrected chi connectivity index (χ4v) is 3.63. The molecule has 1 heterocycles. The van der Waals surface area contributed by atoms with E-state index < -0.39 is 0 Å². The van der Waals surface area contributed by atoms with Crippen LogP contribution < -0.4 is 5.32 Å². The van der Waals surface area contributed by atoms with Gasteiger partial charge in [0, 0.05) is 31.5 Å². The van der Waals surface area contributed by atoms with Crippen molar-refractivity contribution in [3.8, 4) is 0 Å². The van der Waals surface area contributed by atoms with Crippen LogP contribution in [0.2, 0.25) is 0 Å². The number of hydrogen-bond acceptors (Lipinski definition) is 3. The summed E-state index contributed by atoms with van der Waals surface area (Å²) >= 11 is 0. The Morgan fingerprint density at radius 3 is 2.36 bits per heavy atom. The highest BCUT2D eigenvalue weighted by molar-refractivity contribution is 5.98. The van der Waals surface area contributed by atoms with Gasteiger partial charge in [-0.1, -0.05) is 36.4 Å². The zero-order valence-electron chi connectivity index (χ0n) is 17.0. The van der Waals surface area contributed by atoms with Gasteiger partial charge in [-0.05, 0) is 68.1 Å². The van der Waals surface area contributed by atoms with Crippen LogP contribution in [0.4, 0.5) is 0 Å². The highest BCUT2D eigenvalue weighted by Crippen LogP contribution is 2.16. The number of nitrogens with one attached hydrogen (secondary N) is 1. The van der Waals surface area contributed by atoms with Crippen LogP contribution in [-0.2, 0) is 17.9 Å². The van der Waals surface area contributed by atoms with E-state index in [9.17, 15) is 9.59 Å². The second-order valence-electron chi connectivity index (χ2n) is 7.75. The molecule has 1 saturated heterocycles. The molecule has 0 aliphatic carbocycles. The molecule has 2 aromatic carbocycles. The highest BCUT2D eigenvalue weighted by atomic mass is 16.2. The molecule has 3 rings (SSSR count). The summed E-state index contributed by atoms with van der Waals surface area (Å²) in [6.07, 6.45) is 3.00. The minimum absolute atomic E-state index is 0.0210. The molecule has 1 amide bonds. The number of carbonyl (C=O) groups excluding carboxylic acids is 2. The first-order valence-electron chi connectivity index (χ1n) is 10.2. The lowest BCUT2D eigenvalue weighted by atomic mass is 10.0. The van der Waals surface area contributed by atoms with E-state index in [4.69, 9.17) is 0 Å². The Morgan fingerprint density at radius 1 is 0.929 bits per heavy atom. The van der Waals surface area contributed by atoms with Gasteiger partial charge in [-0.3, -0.25) is 14.5 Å². The number of aryl methyl sites for hydroxylation is 2. The largest absolute Gasteiger partial charge is 0.352 e. The minimum atomic E-state index is -0.0758. The Balaban J connectivity index is 1.49. The van der Waals surface area contributed by atoms with E-state index in [0.717, 1.165) is 30.8 Å². The zero-order valence-corrected chi connectivity index (χ0v) is 17.0. The van der Waals surface area contributed by atoms with Crippen molar-refractivity contribution in [1.29, 1.82) is 0 Å². The fourth-order valence-electron chi connectivity index (χ4n) is 3.63.